The van der Waals surface area contributed by atoms with Gasteiger partial charge in [0.15, 0.2) is 0 Å². The molecule has 7 heteroatoms. The fourth-order valence-corrected chi connectivity index (χ4v) is 5.40. The first-order valence-corrected chi connectivity index (χ1v) is 12.6. The highest BCUT2D eigenvalue weighted by atomic mass is 19.1. The number of carbonyl (C=O) groups excluding carboxylic acids is 2. The molecule has 0 unspecified atom stereocenters. The summed E-state index contributed by atoms with van der Waals surface area (Å²) in [7, 11) is 0. The Labute approximate surface area is 205 Å². The average Bonchev–Trinajstić information content (AvgIpc) is 3.49. The molecule has 5 rings (SSSR count). The molecule has 0 radical (unpaired) electrons. The van der Waals surface area contributed by atoms with Gasteiger partial charge in [0.05, 0.1) is 25.0 Å². The van der Waals surface area contributed by atoms with Gasteiger partial charge in [-0.1, -0.05) is 50.3 Å². The topological polar surface area (TPSA) is 67.5 Å². The summed E-state index contributed by atoms with van der Waals surface area (Å²) in [6, 6.07) is 13.7. The normalized spacial score (nSPS) is 21.3. The van der Waals surface area contributed by atoms with Gasteiger partial charge >= 0.3 is 0 Å². The van der Waals surface area contributed by atoms with Crippen molar-refractivity contribution in [3.8, 4) is 11.5 Å². The van der Waals surface area contributed by atoms with Gasteiger partial charge in [-0.15, -0.1) is 0 Å². The van der Waals surface area contributed by atoms with Gasteiger partial charge in [-0.2, -0.15) is 0 Å². The second kappa shape index (κ2) is 9.72. The molecule has 1 aliphatic carbocycles. The summed E-state index contributed by atoms with van der Waals surface area (Å²) in [6.07, 6.45) is 9.25. The number of benzene rings is 1. The summed E-state index contributed by atoms with van der Waals surface area (Å²) in [4.78, 5) is 29.2. The molecule has 0 spiro atoms. The van der Waals surface area contributed by atoms with Gasteiger partial charge in [-0.25, -0.2) is 4.39 Å². The van der Waals surface area contributed by atoms with E-state index in [2.05, 4.69) is 5.32 Å². The first-order valence-electron chi connectivity index (χ1n) is 12.6. The zero-order chi connectivity index (χ0) is 24.4. The standard InChI is InChI=1S/C28H32FN3O3/c1-28(27(34)30-21-11-5-3-2-4-6-12-21)19-31-23(25-14-9-17-35-25)15-16-24(31)26(33)32(28)18-20-10-7-8-13-22(20)29/h7-10,13-17,21H,2-6,11-12,18-19H2,1H3,(H,30,34)/t28-/m1/s1. The molecule has 2 amide bonds. The molecule has 6 nitrogen and oxygen atoms in total. The van der Waals surface area contributed by atoms with Crippen molar-refractivity contribution < 1.29 is 18.4 Å². The monoisotopic (exact) mass is 477 g/mol. The molecular weight excluding hydrogens is 445 g/mol. The van der Waals surface area contributed by atoms with Gasteiger partial charge in [0.2, 0.25) is 5.91 Å². The number of fused-ring (bicyclic) bond motifs is 1. The maximum Gasteiger partial charge on any atom is 0.271 e. The van der Waals surface area contributed by atoms with Crippen LogP contribution >= 0.6 is 0 Å². The molecule has 1 aromatic carbocycles. The number of halogens is 1. The van der Waals surface area contributed by atoms with Crippen molar-refractivity contribution >= 4 is 11.8 Å². The van der Waals surface area contributed by atoms with Crippen molar-refractivity contribution in [1.82, 2.24) is 14.8 Å². The SMILES string of the molecule is C[C@]1(C(=O)NC2CCCCCCC2)Cn2c(ccc2-c2ccco2)C(=O)N1Cc1ccccc1F. The zero-order valence-electron chi connectivity index (χ0n) is 20.1. The third kappa shape index (κ3) is 4.51. The number of nitrogens with zero attached hydrogens (tertiary/aromatic N) is 2. The van der Waals surface area contributed by atoms with E-state index in [4.69, 9.17) is 4.42 Å². The van der Waals surface area contributed by atoms with Crippen molar-refractivity contribution in [3.05, 3.63) is 71.9 Å². The van der Waals surface area contributed by atoms with Crippen molar-refractivity contribution in [2.24, 2.45) is 0 Å². The Kier molecular flexibility index (Phi) is 6.50. The van der Waals surface area contributed by atoms with Crippen molar-refractivity contribution in [3.63, 3.8) is 0 Å². The van der Waals surface area contributed by atoms with E-state index >= 15 is 0 Å². The Balaban J connectivity index is 1.51. The molecule has 0 saturated heterocycles. The highest BCUT2D eigenvalue weighted by Gasteiger charge is 2.48. The quantitative estimate of drug-likeness (QED) is 0.525. The Morgan fingerprint density at radius 3 is 2.46 bits per heavy atom. The number of amides is 2. The van der Waals surface area contributed by atoms with Crippen LogP contribution in [0.1, 0.15) is 67.9 Å². The predicted octanol–water partition coefficient (Wildman–Crippen LogP) is 5.53. The van der Waals surface area contributed by atoms with Crippen LogP contribution in [0.25, 0.3) is 11.5 Å². The average molecular weight is 478 g/mol. The molecule has 1 saturated carbocycles. The zero-order valence-corrected chi connectivity index (χ0v) is 20.1. The number of furan rings is 1. The largest absolute Gasteiger partial charge is 0.463 e. The number of hydrogen-bond donors (Lipinski definition) is 1. The molecule has 1 N–H and O–H groups in total. The lowest BCUT2D eigenvalue weighted by Gasteiger charge is -2.45. The van der Waals surface area contributed by atoms with E-state index in [1.54, 1.807) is 43.5 Å². The number of aromatic nitrogens is 1. The molecule has 2 aromatic heterocycles. The fraction of sp³-hybridized carbons (Fsp3) is 0.429. The smallest absolute Gasteiger partial charge is 0.271 e. The Morgan fingerprint density at radius 2 is 1.74 bits per heavy atom. The molecule has 1 atom stereocenters. The van der Waals surface area contributed by atoms with E-state index in [1.165, 1.54) is 30.2 Å². The Hall–Kier alpha value is -3.35. The minimum Gasteiger partial charge on any atom is -0.463 e. The Bertz CT molecular complexity index is 1190. The van der Waals surface area contributed by atoms with Gasteiger partial charge in [-0.3, -0.25) is 9.59 Å². The van der Waals surface area contributed by atoms with Crippen LogP contribution in [0.3, 0.4) is 0 Å². The number of hydrogen-bond acceptors (Lipinski definition) is 3. The van der Waals surface area contributed by atoms with E-state index in [9.17, 15) is 14.0 Å². The van der Waals surface area contributed by atoms with Crippen LogP contribution in [0.15, 0.2) is 59.2 Å². The highest BCUT2D eigenvalue weighted by molar-refractivity contribution is 6.00. The van der Waals surface area contributed by atoms with Crippen LogP contribution in [0, 0.1) is 5.82 Å². The lowest BCUT2D eigenvalue weighted by molar-refractivity contribution is -0.134. The minimum absolute atomic E-state index is 0.0152. The molecule has 0 bridgehead atoms. The molecular formula is C28H32FN3O3. The number of nitrogens with one attached hydrogen (secondary N) is 1. The summed E-state index contributed by atoms with van der Waals surface area (Å²) < 4.78 is 22.1. The first kappa shape index (κ1) is 23.4. The van der Waals surface area contributed by atoms with Crippen molar-refractivity contribution in [2.75, 3.05) is 0 Å². The second-order valence-corrected chi connectivity index (χ2v) is 9.94. The first-order chi connectivity index (χ1) is 17.0. The third-order valence-corrected chi connectivity index (χ3v) is 7.50. The van der Waals surface area contributed by atoms with Crippen LogP contribution < -0.4 is 5.32 Å². The highest BCUT2D eigenvalue weighted by Crippen LogP contribution is 2.35. The molecule has 184 valence electrons. The number of rotatable bonds is 5. The lowest BCUT2D eigenvalue weighted by atomic mass is 9.91. The van der Waals surface area contributed by atoms with Crippen LogP contribution in [-0.4, -0.2) is 32.9 Å². The third-order valence-electron chi connectivity index (χ3n) is 7.50. The van der Waals surface area contributed by atoms with E-state index in [0.717, 1.165) is 31.4 Å². The summed E-state index contributed by atoms with van der Waals surface area (Å²) >= 11 is 0. The molecule has 35 heavy (non-hydrogen) atoms. The number of carbonyl (C=O) groups is 2. The molecule has 2 aliphatic rings. The molecule has 1 fully saturated rings. The Morgan fingerprint density at radius 1 is 1.03 bits per heavy atom. The van der Waals surface area contributed by atoms with Crippen molar-refractivity contribution in [1.29, 1.82) is 0 Å². The second-order valence-electron chi connectivity index (χ2n) is 9.94. The van der Waals surface area contributed by atoms with Gasteiger partial charge in [-0.05, 0) is 50.1 Å². The molecule has 3 heterocycles. The van der Waals surface area contributed by atoms with Gasteiger partial charge < -0.3 is 19.2 Å². The maximum atomic E-state index is 14.6. The van der Waals surface area contributed by atoms with E-state index < -0.39 is 5.54 Å². The van der Waals surface area contributed by atoms with E-state index in [1.807, 2.05) is 16.7 Å². The van der Waals surface area contributed by atoms with Crippen LogP contribution in [0.4, 0.5) is 4.39 Å². The van der Waals surface area contributed by atoms with Gasteiger partial charge in [0.25, 0.3) is 5.91 Å². The van der Waals surface area contributed by atoms with E-state index in [0.29, 0.717) is 17.0 Å². The maximum absolute atomic E-state index is 14.6. The minimum atomic E-state index is -1.20. The van der Waals surface area contributed by atoms with Crippen molar-refractivity contribution in [2.45, 2.75) is 76.5 Å². The fourth-order valence-electron chi connectivity index (χ4n) is 5.40. The summed E-state index contributed by atoms with van der Waals surface area (Å²) in [5, 5.41) is 3.26. The lowest BCUT2D eigenvalue weighted by Crippen LogP contribution is -2.64. The van der Waals surface area contributed by atoms with Crippen LogP contribution in [0.2, 0.25) is 0 Å². The molecule has 1 aliphatic heterocycles. The summed E-state index contributed by atoms with van der Waals surface area (Å²) in [5.74, 6) is -0.250. The van der Waals surface area contributed by atoms with Crippen LogP contribution in [0.5, 0.6) is 0 Å². The summed E-state index contributed by atoms with van der Waals surface area (Å²) in [6.45, 7) is 2.06. The predicted molar refractivity (Wildman–Crippen MR) is 131 cm³/mol. The van der Waals surface area contributed by atoms with Crippen LogP contribution in [-0.2, 0) is 17.9 Å². The summed E-state index contributed by atoms with van der Waals surface area (Å²) in [5.41, 5.74) is 0.393. The van der Waals surface area contributed by atoms with E-state index in [-0.39, 0.29) is 36.8 Å². The van der Waals surface area contributed by atoms with Gasteiger partial charge in [0.1, 0.15) is 22.8 Å². The van der Waals surface area contributed by atoms with Gasteiger partial charge in [0, 0.05) is 11.6 Å². The molecule has 3 aromatic rings.